The molecule has 2 saturated carbocycles. The highest BCUT2D eigenvalue weighted by molar-refractivity contribution is 5.81. The van der Waals surface area contributed by atoms with E-state index in [0.29, 0.717) is 37.7 Å². The Bertz CT molecular complexity index is 1420. The number of hydrogen-bond donors (Lipinski definition) is 0. The molecule has 0 bridgehead atoms. The van der Waals surface area contributed by atoms with Crippen LogP contribution in [0.25, 0.3) is 0 Å². The van der Waals surface area contributed by atoms with Gasteiger partial charge in [0.2, 0.25) is 0 Å². The van der Waals surface area contributed by atoms with E-state index in [1.807, 2.05) is 97.9 Å². The third kappa shape index (κ3) is 22.7. The Labute approximate surface area is 321 Å². The van der Waals surface area contributed by atoms with Crippen molar-refractivity contribution < 1.29 is 38.3 Å². The van der Waals surface area contributed by atoms with Crippen LogP contribution in [0.15, 0.2) is 103 Å². The molecule has 4 atom stereocenters. The molecule has 0 radical (unpaired) electrons. The molecule has 8 heteroatoms. The van der Waals surface area contributed by atoms with Gasteiger partial charge < -0.3 is 33.5 Å². The lowest BCUT2D eigenvalue weighted by atomic mass is 9.91. The highest BCUT2D eigenvalue weighted by Crippen LogP contribution is 2.37. The SMILES string of the molecule is CC(C=O)c1ccccc1.CCOC(=O)C1CC1C=O.O=CC1CC=CCC1.O=CC1CCCCC1.O=CCc1ccccc1.O=CCc1ccccc1. The zero-order chi connectivity index (χ0) is 39.7. The number of carbonyl (C=O) groups is 7. The van der Waals surface area contributed by atoms with Gasteiger partial charge in [-0.15, -0.1) is 0 Å². The molecule has 0 saturated heterocycles. The average Bonchev–Trinajstić information content (AvgIpc) is 4.04. The lowest BCUT2D eigenvalue weighted by Gasteiger charge is -2.14. The number of ether oxygens (including phenoxy) is 1. The first-order valence-electron chi connectivity index (χ1n) is 19.0. The van der Waals surface area contributed by atoms with E-state index < -0.39 is 0 Å². The van der Waals surface area contributed by atoms with Crippen LogP contribution in [0.5, 0.6) is 0 Å². The first-order chi connectivity index (χ1) is 26.4. The fourth-order valence-electron chi connectivity index (χ4n) is 5.35. The molecule has 54 heavy (non-hydrogen) atoms. The predicted octanol–water partition coefficient (Wildman–Crippen LogP) is 8.54. The normalized spacial score (nSPS) is 18.2. The number of rotatable bonds is 11. The van der Waals surface area contributed by atoms with E-state index in [9.17, 15) is 33.6 Å². The molecule has 290 valence electrons. The van der Waals surface area contributed by atoms with Crippen LogP contribution in [0.1, 0.15) is 94.2 Å². The molecule has 2 fully saturated rings. The Morgan fingerprint density at radius 3 is 1.54 bits per heavy atom. The fourth-order valence-corrected chi connectivity index (χ4v) is 5.35. The van der Waals surface area contributed by atoms with Gasteiger partial charge in [0.25, 0.3) is 0 Å². The third-order valence-electron chi connectivity index (χ3n) is 8.80. The molecular formula is C46H58O8. The second-order valence-electron chi connectivity index (χ2n) is 13.2. The van der Waals surface area contributed by atoms with E-state index >= 15 is 0 Å². The van der Waals surface area contributed by atoms with Gasteiger partial charge in [-0.05, 0) is 62.1 Å². The standard InChI is InChI=1S/C9H10O.2C8H8O.C7H10O3.C7H12O.C7H10O/c1-8(7-10)9-5-3-2-4-6-9;2*9-7-6-8-4-2-1-3-5-8;1-2-10-7(9)6-3-5(6)4-8;2*8-6-7-4-2-1-3-5-7/h2-8H,1H3;2*1-5,7H,6H2;4-6H,2-3H2,1H3;6-7H,1-5H2;1-2,6-7H,3-5H2. The van der Waals surface area contributed by atoms with Gasteiger partial charge in [-0.3, -0.25) is 4.79 Å². The molecule has 3 aliphatic carbocycles. The summed E-state index contributed by atoms with van der Waals surface area (Å²) in [6, 6.07) is 29.1. The molecular weight excluding hydrogens is 680 g/mol. The maximum Gasteiger partial charge on any atom is 0.309 e. The van der Waals surface area contributed by atoms with Crippen LogP contribution in [-0.4, -0.2) is 50.3 Å². The summed E-state index contributed by atoms with van der Waals surface area (Å²) >= 11 is 0. The quantitative estimate of drug-likeness (QED) is 0.109. The van der Waals surface area contributed by atoms with Crippen LogP contribution in [-0.2, 0) is 51.1 Å². The van der Waals surface area contributed by atoms with Gasteiger partial charge in [0, 0.05) is 36.5 Å². The van der Waals surface area contributed by atoms with Gasteiger partial charge in [-0.2, -0.15) is 0 Å². The van der Waals surface area contributed by atoms with Gasteiger partial charge in [-0.25, -0.2) is 0 Å². The van der Waals surface area contributed by atoms with Gasteiger partial charge >= 0.3 is 5.97 Å². The highest BCUT2D eigenvalue weighted by Gasteiger charge is 2.43. The van der Waals surface area contributed by atoms with Crippen molar-refractivity contribution in [3.05, 3.63) is 120 Å². The van der Waals surface area contributed by atoms with E-state index in [1.54, 1.807) is 6.92 Å². The minimum Gasteiger partial charge on any atom is -0.466 e. The summed E-state index contributed by atoms with van der Waals surface area (Å²) in [5.74, 6) is 0.348. The van der Waals surface area contributed by atoms with Crippen molar-refractivity contribution in [2.24, 2.45) is 23.7 Å². The van der Waals surface area contributed by atoms with Crippen molar-refractivity contribution in [1.82, 2.24) is 0 Å². The Hall–Kier alpha value is -5.11. The van der Waals surface area contributed by atoms with Gasteiger partial charge in [0.05, 0.1) is 12.5 Å². The van der Waals surface area contributed by atoms with Crippen molar-refractivity contribution in [1.29, 1.82) is 0 Å². The second-order valence-corrected chi connectivity index (χ2v) is 13.2. The topological polar surface area (TPSA) is 129 Å². The van der Waals surface area contributed by atoms with Gasteiger partial charge in [0.15, 0.2) is 0 Å². The molecule has 3 aromatic rings. The predicted molar refractivity (Wildman–Crippen MR) is 213 cm³/mol. The molecule has 0 spiro atoms. The zero-order valence-electron chi connectivity index (χ0n) is 31.9. The molecule has 0 amide bonds. The first kappa shape index (κ1) is 46.9. The smallest absolute Gasteiger partial charge is 0.309 e. The molecule has 0 aromatic heterocycles. The highest BCUT2D eigenvalue weighted by atomic mass is 16.5. The lowest BCUT2D eigenvalue weighted by Crippen LogP contribution is -2.07. The summed E-state index contributed by atoms with van der Waals surface area (Å²) in [7, 11) is 0. The Morgan fingerprint density at radius 1 is 0.667 bits per heavy atom. The molecule has 6 rings (SSSR count). The summed E-state index contributed by atoms with van der Waals surface area (Å²) in [6.07, 6.45) is 21.0. The zero-order valence-corrected chi connectivity index (χ0v) is 31.9. The number of esters is 1. The minimum absolute atomic E-state index is 0.0289. The Morgan fingerprint density at radius 2 is 1.19 bits per heavy atom. The van der Waals surface area contributed by atoms with Crippen LogP contribution in [0.4, 0.5) is 0 Å². The van der Waals surface area contributed by atoms with Crippen molar-refractivity contribution in [3.8, 4) is 0 Å². The summed E-state index contributed by atoms with van der Waals surface area (Å²) < 4.78 is 4.70. The van der Waals surface area contributed by atoms with E-state index in [2.05, 4.69) is 12.2 Å². The summed E-state index contributed by atoms with van der Waals surface area (Å²) in [6.45, 7) is 4.06. The van der Waals surface area contributed by atoms with Crippen LogP contribution < -0.4 is 0 Å². The van der Waals surface area contributed by atoms with Crippen molar-refractivity contribution >= 4 is 43.7 Å². The van der Waals surface area contributed by atoms with E-state index in [0.717, 1.165) is 86.5 Å². The van der Waals surface area contributed by atoms with Crippen molar-refractivity contribution in [2.75, 3.05) is 6.61 Å². The molecule has 3 aliphatic rings. The summed E-state index contributed by atoms with van der Waals surface area (Å²) in [4.78, 5) is 71.4. The second kappa shape index (κ2) is 31.4. The molecule has 4 unspecified atom stereocenters. The van der Waals surface area contributed by atoms with Crippen LogP contribution >= 0.6 is 0 Å². The summed E-state index contributed by atoms with van der Waals surface area (Å²) in [5.41, 5.74) is 3.23. The van der Waals surface area contributed by atoms with Crippen LogP contribution in [0, 0.1) is 23.7 Å². The summed E-state index contributed by atoms with van der Waals surface area (Å²) in [5, 5.41) is 0. The molecule has 0 heterocycles. The molecule has 3 aromatic carbocycles. The largest absolute Gasteiger partial charge is 0.466 e. The number of benzene rings is 3. The Kier molecular flexibility index (Phi) is 27.3. The van der Waals surface area contributed by atoms with E-state index in [4.69, 9.17) is 4.74 Å². The first-order valence-corrected chi connectivity index (χ1v) is 19.0. The van der Waals surface area contributed by atoms with Crippen molar-refractivity contribution in [3.63, 3.8) is 0 Å². The molecule has 0 aliphatic heterocycles. The monoisotopic (exact) mass is 738 g/mol. The number of carbonyl (C=O) groups excluding carboxylic acids is 7. The number of aldehydes is 6. The van der Waals surface area contributed by atoms with Gasteiger partial charge in [0.1, 0.15) is 37.7 Å². The lowest BCUT2D eigenvalue weighted by molar-refractivity contribution is -0.145. The minimum atomic E-state index is -0.223. The maximum atomic E-state index is 10.8. The fraction of sp³-hybridized carbons (Fsp3) is 0.413. The maximum absolute atomic E-state index is 10.8. The Balaban J connectivity index is 0.000000325. The molecule has 0 N–H and O–H groups in total. The van der Waals surface area contributed by atoms with E-state index in [1.165, 1.54) is 19.3 Å². The van der Waals surface area contributed by atoms with Gasteiger partial charge in [-0.1, -0.05) is 129 Å². The third-order valence-corrected chi connectivity index (χ3v) is 8.80. The van der Waals surface area contributed by atoms with Crippen LogP contribution in [0.3, 0.4) is 0 Å². The average molecular weight is 739 g/mol. The number of hydrogen-bond acceptors (Lipinski definition) is 8. The van der Waals surface area contributed by atoms with Crippen LogP contribution in [0.2, 0.25) is 0 Å². The number of allylic oxidation sites excluding steroid dienone is 2. The molecule has 8 nitrogen and oxygen atoms in total. The van der Waals surface area contributed by atoms with E-state index in [-0.39, 0.29) is 23.7 Å². The van der Waals surface area contributed by atoms with Crippen molar-refractivity contribution in [2.45, 2.75) is 90.4 Å².